The van der Waals surface area contributed by atoms with Gasteiger partial charge in [0.05, 0.1) is 42.6 Å². The number of benzene rings is 9. The van der Waals surface area contributed by atoms with Gasteiger partial charge in [-0.15, -0.1) is 0 Å². The highest BCUT2D eigenvalue weighted by molar-refractivity contribution is 6.90. The van der Waals surface area contributed by atoms with E-state index in [4.69, 9.17) is 13.7 Å². The van der Waals surface area contributed by atoms with Crippen LogP contribution < -0.4 is 15.7 Å². The van der Waals surface area contributed by atoms with E-state index in [1.165, 1.54) is 4.57 Å². The Morgan fingerprint density at radius 1 is 0.397 bits per heavy atom. The molecule has 9 aromatic carbocycles. The van der Waals surface area contributed by atoms with Crippen molar-refractivity contribution in [2.45, 2.75) is 0 Å². The van der Waals surface area contributed by atoms with Gasteiger partial charge in [-0.3, -0.25) is 0 Å². The summed E-state index contributed by atoms with van der Waals surface area (Å²) in [6.07, 6.45) is 0. The second-order valence-electron chi connectivity index (χ2n) is 14.2. The molecule has 0 amide bonds. The molecule has 11 aromatic rings. The van der Waals surface area contributed by atoms with Crippen molar-refractivity contribution in [1.82, 2.24) is 9.13 Å². The van der Waals surface area contributed by atoms with E-state index in [2.05, 4.69) is 53.3 Å². The molecule has 2 aromatic heterocycles. The quantitative estimate of drug-likeness (QED) is 0.160. The smallest absolute Gasteiger partial charge is 0.328 e. The molecule has 1 aliphatic heterocycles. The van der Waals surface area contributed by atoms with Crippen molar-refractivity contribution in [1.29, 1.82) is 0 Å². The summed E-state index contributed by atoms with van der Waals surface area (Å²) in [4.78, 5) is 2.33. The van der Waals surface area contributed by atoms with Crippen LogP contribution in [0.3, 0.4) is 0 Å². The molecule has 58 heavy (non-hydrogen) atoms. The zero-order valence-corrected chi connectivity index (χ0v) is 30.5. The maximum absolute atomic E-state index is 9.99. The first-order valence-corrected chi connectivity index (χ1v) is 18.8. The van der Waals surface area contributed by atoms with Crippen molar-refractivity contribution in [3.05, 3.63) is 218 Å². The van der Waals surface area contributed by atoms with Gasteiger partial charge in [-0.2, -0.15) is 0 Å². The first kappa shape index (κ1) is 21.1. The summed E-state index contributed by atoms with van der Waals surface area (Å²) in [5, 5.41) is -0.908. The topological polar surface area (TPSA) is 13.1 Å². The van der Waals surface area contributed by atoms with Crippen molar-refractivity contribution in [3.8, 4) is 33.6 Å². The zero-order chi connectivity index (χ0) is 51.2. The van der Waals surface area contributed by atoms with Crippen molar-refractivity contribution in [2.75, 3.05) is 4.81 Å². The van der Waals surface area contributed by atoms with Gasteiger partial charge in [-0.25, -0.2) is 0 Å². The second kappa shape index (κ2) is 13.0. The molecule has 0 bridgehead atoms. The van der Waals surface area contributed by atoms with Crippen LogP contribution >= 0.6 is 0 Å². The fourth-order valence-electron chi connectivity index (χ4n) is 8.60. The van der Waals surface area contributed by atoms with E-state index in [0.717, 1.165) is 43.6 Å². The van der Waals surface area contributed by atoms with Crippen LogP contribution in [0.2, 0.25) is 0 Å². The summed E-state index contributed by atoms with van der Waals surface area (Å²) in [7, 11) is 0. The van der Waals surface area contributed by atoms with Gasteiger partial charge >= 0.3 is 6.85 Å². The molecule has 0 fully saturated rings. The third-order valence-corrected chi connectivity index (χ3v) is 11.0. The number of fused-ring (bicyclic) bond motifs is 9. The van der Waals surface area contributed by atoms with Crippen LogP contribution in [0.5, 0.6) is 0 Å². The van der Waals surface area contributed by atoms with E-state index in [1.807, 2.05) is 66.7 Å². The maximum Gasteiger partial charge on any atom is 0.328 e. The number of hydrogen-bond acceptors (Lipinski definition) is 1. The Kier molecular flexibility index (Phi) is 4.73. The Morgan fingerprint density at radius 2 is 0.931 bits per heavy atom. The molecule has 12 rings (SSSR count). The predicted octanol–water partition coefficient (Wildman–Crippen LogP) is 12.5. The lowest BCUT2D eigenvalue weighted by atomic mass is 9.46. The van der Waals surface area contributed by atoms with Crippen LogP contribution in [0.1, 0.15) is 20.6 Å². The lowest BCUT2D eigenvalue weighted by Gasteiger charge is -2.39. The average Bonchev–Trinajstić information content (AvgIpc) is 3.97. The highest BCUT2D eigenvalue weighted by Crippen LogP contribution is 2.41. The van der Waals surface area contributed by atoms with E-state index in [1.54, 1.807) is 12.1 Å². The van der Waals surface area contributed by atoms with Gasteiger partial charge < -0.3 is 13.9 Å². The first-order valence-electron chi connectivity index (χ1n) is 26.3. The molecule has 3 nitrogen and oxygen atoms in total. The molecule has 0 saturated carbocycles. The van der Waals surface area contributed by atoms with Gasteiger partial charge in [0.2, 0.25) is 0 Å². The molecule has 0 unspecified atom stereocenters. The molecule has 4 heteroatoms. The van der Waals surface area contributed by atoms with Gasteiger partial charge in [-0.1, -0.05) is 157 Å². The Hall–Kier alpha value is -7.56. The SMILES string of the molecule is [2H]c1c([2H])c([2H])c2c(c1[2H])c1c([2H])c(-n3c4c([2H])c([2H])c([2H])c([2H])c4c4c([2H])c([2H])c([2H])c([2H])c43)c([2H])c([2H])c1n2-c1cccc(-c2cccc(N3B(c4ccccc4)c4ccccc4-c4ccccc43)c2)c1. The lowest BCUT2D eigenvalue weighted by molar-refractivity contribution is 1.17. The summed E-state index contributed by atoms with van der Waals surface area (Å²) in [6.45, 7) is -0.195. The third kappa shape index (κ3) is 4.95. The van der Waals surface area contributed by atoms with Crippen LogP contribution in [0.25, 0.3) is 77.2 Å². The number of hydrogen-bond donors (Lipinski definition) is 0. The molecular weight excluding hydrogens is 701 g/mol. The predicted molar refractivity (Wildman–Crippen MR) is 246 cm³/mol. The lowest BCUT2D eigenvalue weighted by Crippen LogP contribution is -2.57. The van der Waals surface area contributed by atoms with Gasteiger partial charge in [0.25, 0.3) is 0 Å². The first-order chi connectivity index (χ1) is 35.0. The number of nitrogens with zero attached hydrogens (tertiary/aromatic N) is 3. The summed E-state index contributed by atoms with van der Waals surface area (Å²) < 4.78 is 138. The molecule has 0 radical (unpaired) electrons. The summed E-state index contributed by atoms with van der Waals surface area (Å²) >= 11 is 0. The van der Waals surface area contributed by atoms with Crippen molar-refractivity contribution >= 4 is 72.8 Å². The monoisotopic (exact) mass is 752 g/mol. The molecule has 0 aliphatic carbocycles. The van der Waals surface area contributed by atoms with Gasteiger partial charge in [0.1, 0.15) is 0 Å². The van der Waals surface area contributed by atoms with Crippen molar-refractivity contribution in [3.63, 3.8) is 0 Å². The van der Waals surface area contributed by atoms with E-state index in [9.17, 15) is 6.85 Å². The summed E-state index contributed by atoms with van der Waals surface area (Å²) in [5.41, 5.74) is 6.78. The number of aromatic nitrogens is 2. The summed E-state index contributed by atoms with van der Waals surface area (Å²) in [6, 6.07) is 32.9. The minimum Gasteiger partial charge on any atom is -0.376 e. The van der Waals surface area contributed by atoms with Gasteiger partial charge in [0.15, 0.2) is 0 Å². The Labute approximate surface area is 358 Å². The largest absolute Gasteiger partial charge is 0.376 e. The minimum absolute atomic E-state index is 0.0919. The van der Waals surface area contributed by atoms with Crippen LogP contribution in [-0.4, -0.2) is 16.0 Å². The fourth-order valence-corrected chi connectivity index (χ4v) is 8.60. The van der Waals surface area contributed by atoms with Crippen LogP contribution in [0.4, 0.5) is 11.4 Å². The zero-order valence-electron chi connectivity index (χ0n) is 45.5. The second-order valence-corrected chi connectivity index (χ2v) is 14.2. The van der Waals surface area contributed by atoms with Crippen molar-refractivity contribution < 1.29 is 20.6 Å². The Morgan fingerprint density at radius 3 is 1.64 bits per heavy atom. The van der Waals surface area contributed by atoms with Crippen LogP contribution in [0, 0.1) is 0 Å². The third-order valence-electron chi connectivity index (χ3n) is 11.0. The molecule has 270 valence electrons. The number of anilines is 2. The van der Waals surface area contributed by atoms with Crippen molar-refractivity contribution in [2.24, 2.45) is 0 Å². The molecule has 1 aliphatic rings. The standard InChI is InChI=1S/C54H36BN3/c1-2-18-39(19-3-1)55-49-27-9-4-22-43(49)44-23-8-13-31-54(44)58(55)42-21-15-17-38(35-42)37-16-14-20-40(34-37)56-52-30-12-7-26-47(52)48-36-41(32-33-53(48)56)57-50-28-10-5-24-45(50)46-25-6-11-29-51(46)57/h1-36H/i5D,6D,7D,10D,11D,12D,24D,25D,26D,28D,29D,30D,32D,33D,36D. The molecule has 0 N–H and O–H groups in total. The molecule has 0 atom stereocenters. The van der Waals surface area contributed by atoms with E-state index in [0.29, 0.717) is 11.3 Å². The van der Waals surface area contributed by atoms with Gasteiger partial charge in [-0.05, 0) is 88.7 Å². The molecular formula is C54H36BN3. The summed E-state index contributed by atoms with van der Waals surface area (Å²) in [5.74, 6) is 0. The number of rotatable bonds is 5. The molecule has 0 saturated heterocycles. The normalized spacial score (nSPS) is 16.0. The average molecular weight is 753 g/mol. The fraction of sp³-hybridized carbons (Fsp3) is 0. The maximum atomic E-state index is 9.99. The Balaban J connectivity index is 1.12. The van der Waals surface area contributed by atoms with Crippen LogP contribution in [0.15, 0.2) is 218 Å². The highest BCUT2D eigenvalue weighted by Gasteiger charge is 2.36. The van der Waals surface area contributed by atoms with E-state index < -0.39 is 96.3 Å². The highest BCUT2D eigenvalue weighted by atomic mass is 15.1. The van der Waals surface area contributed by atoms with E-state index in [-0.39, 0.29) is 50.5 Å². The minimum atomic E-state index is -0.708. The molecule has 0 spiro atoms. The number of para-hydroxylation sites is 4. The van der Waals surface area contributed by atoms with Crippen LogP contribution in [-0.2, 0) is 0 Å². The van der Waals surface area contributed by atoms with E-state index >= 15 is 0 Å². The molecule has 3 heterocycles. The Bertz CT molecular complexity index is 4170. The van der Waals surface area contributed by atoms with Gasteiger partial charge in [0, 0.05) is 49.9 Å².